The molecule has 0 atom stereocenters. The number of furan rings is 1. The maximum absolute atomic E-state index is 5.48. The fourth-order valence-corrected chi connectivity index (χ4v) is 1.42. The van der Waals surface area contributed by atoms with Gasteiger partial charge in [-0.1, -0.05) is 12.1 Å². The zero-order chi connectivity index (χ0) is 12.6. The summed E-state index contributed by atoms with van der Waals surface area (Å²) in [6, 6.07) is 11.3. The maximum atomic E-state index is 5.48. The van der Waals surface area contributed by atoms with E-state index in [1.54, 1.807) is 24.8 Å². The third-order valence-corrected chi connectivity index (χ3v) is 2.21. The Kier molecular flexibility index (Phi) is 4.30. The maximum Gasteiger partial charge on any atom is 0.146 e. The second-order valence-corrected chi connectivity index (χ2v) is 3.48. The summed E-state index contributed by atoms with van der Waals surface area (Å²) in [5.74, 6) is 1.47. The van der Waals surface area contributed by atoms with E-state index in [0.717, 1.165) is 11.3 Å². The predicted octanol–water partition coefficient (Wildman–Crippen LogP) is 3.13. The van der Waals surface area contributed by atoms with Crippen LogP contribution in [0.4, 0.5) is 0 Å². The summed E-state index contributed by atoms with van der Waals surface area (Å²) in [6.07, 6.45) is 4.81. The van der Waals surface area contributed by atoms with Crippen molar-refractivity contribution in [2.24, 2.45) is 10.2 Å². The molecule has 0 amide bonds. The van der Waals surface area contributed by atoms with Crippen molar-refractivity contribution < 1.29 is 9.15 Å². The van der Waals surface area contributed by atoms with E-state index < -0.39 is 0 Å². The first-order valence-corrected chi connectivity index (χ1v) is 5.72. The van der Waals surface area contributed by atoms with Gasteiger partial charge >= 0.3 is 0 Å². The molecule has 4 nitrogen and oxygen atoms in total. The lowest BCUT2D eigenvalue weighted by molar-refractivity contribution is 0.340. The van der Waals surface area contributed by atoms with Gasteiger partial charge in [0.05, 0.1) is 25.3 Å². The molecule has 0 saturated heterocycles. The van der Waals surface area contributed by atoms with Crippen molar-refractivity contribution in [2.45, 2.75) is 6.92 Å². The van der Waals surface area contributed by atoms with Crippen LogP contribution in [-0.2, 0) is 0 Å². The Morgan fingerprint density at radius 1 is 1.11 bits per heavy atom. The molecule has 0 fully saturated rings. The third-order valence-electron chi connectivity index (χ3n) is 2.21. The van der Waals surface area contributed by atoms with E-state index in [-0.39, 0.29) is 0 Å². The minimum Gasteiger partial charge on any atom is -0.493 e. The summed E-state index contributed by atoms with van der Waals surface area (Å²) in [5, 5.41) is 7.87. The van der Waals surface area contributed by atoms with Gasteiger partial charge in [0.15, 0.2) is 0 Å². The van der Waals surface area contributed by atoms with E-state index in [1.165, 1.54) is 0 Å². The molecule has 0 aliphatic rings. The van der Waals surface area contributed by atoms with Crippen LogP contribution >= 0.6 is 0 Å². The van der Waals surface area contributed by atoms with Gasteiger partial charge in [0.2, 0.25) is 0 Å². The molecule has 0 N–H and O–H groups in total. The van der Waals surface area contributed by atoms with E-state index in [2.05, 4.69) is 10.2 Å². The van der Waals surface area contributed by atoms with E-state index in [4.69, 9.17) is 9.15 Å². The van der Waals surface area contributed by atoms with Crippen molar-refractivity contribution in [3.8, 4) is 5.75 Å². The molecule has 1 aromatic heterocycles. The highest BCUT2D eigenvalue weighted by Gasteiger charge is 1.97. The smallest absolute Gasteiger partial charge is 0.146 e. The highest BCUT2D eigenvalue weighted by atomic mass is 16.5. The Balaban J connectivity index is 2.04. The van der Waals surface area contributed by atoms with Gasteiger partial charge in [-0.25, -0.2) is 0 Å². The first-order valence-electron chi connectivity index (χ1n) is 5.72. The second kappa shape index (κ2) is 6.39. The number of benzene rings is 1. The molecular weight excluding hydrogens is 228 g/mol. The molecule has 18 heavy (non-hydrogen) atoms. The average molecular weight is 242 g/mol. The SMILES string of the molecule is CCOc1ccccc1/C=N/N=C\c1ccco1. The molecule has 0 saturated carbocycles. The topological polar surface area (TPSA) is 47.1 Å². The zero-order valence-corrected chi connectivity index (χ0v) is 10.1. The Labute approximate surface area is 106 Å². The van der Waals surface area contributed by atoms with Gasteiger partial charge in [0.1, 0.15) is 11.5 Å². The van der Waals surface area contributed by atoms with E-state index in [1.807, 2.05) is 37.3 Å². The predicted molar refractivity (Wildman–Crippen MR) is 71.5 cm³/mol. The van der Waals surface area contributed by atoms with E-state index in [0.29, 0.717) is 12.4 Å². The Morgan fingerprint density at radius 2 is 1.94 bits per heavy atom. The largest absolute Gasteiger partial charge is 0.493 e. The Bertz CT molecular complexity index is 530. The zero-order valence-electron chi connectivity index (χ0n) is 10.1. The highest BCUT2D eigenvalue weighted by molar-refractivity contribution is 5.84. The van der Waals surface area contributed by atoms with Crippen LogP contribution < -0.4 is 4.74 Å². The van der Waals surface area contributed by atoms with Crippen molar-refractivity contribution in [1.29, 1.82) is 0 Å². The minimum absolute atomic E-state index is 0.626. The van der Waals surface area contributed by atoms with Gasteiger partial charge in [0.25, 0.3) is 0 Å². The fourth-order valence-electron chi connectivity index (χ4n) is 1.42. The highest BCUT2D eigenvalue weighted by Crippen LogP contribution is 2.15. The lowest BCUT2D eigenvalue weighted by atomic mass is 10.2. The van der Waals surface area contributed by atoms with Crippen molar-refractivity contribution in [3.63, 3.8) is 0 Å². The van der Waals surface area contributed by atoms with Gasteiger partial charge in [0, 0.05) is 5.56 Å². The number of hydrogen-bond acceptors (Lipinski definition) is 4. The summed E-state index contributed by atoms with van der Waals surface area (Å²) < 4.78 is 10.6. The standard InChI is InChI=1S/C14H14N2O2/c1-2-17-14-8-4-3-6-12(14)10-15-16-11-13-7-5-9-18-13/h3-11H,2H2,1H3/b15-10+,16-11-. The van der Waals surface area contributed by atoms with Gasteiger partial charge in [-0.2, -0.15) is 10.2 Å². The molecule has 0 unspecified atom stereocenters. The van der Waals surface area contributed by atoms with Crippen LogP contribution in [0.5, 0.6) is 5.75 Å². The van der Waals surface area contributed by atoms with Crippen molar-refractivity contribution in [3.05, 3.63) is 54.0 Å². The molecule has 0 aliphatic heterocycles. The monoisotopic (exact) mass is 242 g/mol. The number of rotatable bonds is 5. The molecule has 1 aromatic carbocycles. The molecule has 0 radical (unpaired) electrons. The molecule has 1 heterocycles. The third kappa shape index (κ3) is 3.31. The van der Waals surface area contributed by atoms with Crippen LogP contribution in [0.3, 0.4) is 0 Å². The summed E-state index contributed by atoms with van der Waals surface area (Å²) in [7, 11) is 0. The second-order valence-electron chi connectivity index (χ2n) is 3.48. The lowest BCUT2D eigenvalue weighted by Gasteiger charge is -2.04. The quantitative estimate of drug-likeness (QED) is 0.597. The first kappa shape index (κ1) is 12.1. The molecule has 0 aliphatic carbocycles. The summed E-state index contributed by atoms with van der Waals surface area (Å²) in [4.78, 5) is 0. The minimum atomic E-state index is 0.626. The van der Waals surface area contributed by atoms with Crippen LogP contribution in [-0.4, -0.2) is 19.0 Å². The van der Waals surface area contributed by atoms with Crippen LogP contribution in [0, 0.1) is 0 Å². The van der Waals surface area contributed by atoms with Gasteiger partial charge < -0.3 is 9.15 Å². The lowest BCUT2D eigenvalue weighted by Crippen LogP contribution is -1.95. The van der Waals surface area contributed by atoms with Crippen molar-refractivity contribution in [2.75, 3.05) is 6.61 Å². The van der Waals surface area contributed by atoms with Crippen LogP contribution in [0.25, 0.3) is 0 Å². The number of hydrogen-bond donors (Lipinski definition) is 0. The summed E-state index contributed by atoms with van der Waals surface area (Å²) in [5.41, 5.74) is 0.899. The van der Waals surface area contributed by atoms with Gasteiger partial charge in [-0.15, -0.1) is 0 Å². The molecule has 4 heteroatoms. The first-order chi connectivity index (χ1) is 8.90. The van der Waals surface area contributed by atoms with Crippen molar-refractivity contribution in [1.82, 2.24) is 0 Å². The molecular formula is C14H14N2O2. The number of para-hydroxylation sites is 1. The van der Waals surface area contributed by atoms with Crippen molar-refractivity contribution >= 4 is 12.4 Å². The summed E-state index contributed by atoms with van der Waals surface area (Å²) >= 11 is 0. The molecule has 0 spiro atoms. The van der Waals surface area contributed by atoms with E-state index in [9.17, 15) is 0 Å². The Hall–Kier alpha value is -2.36. The molecule has 2 rings (SSSR count). The Morgan fingerprint density at radius 3 is 2.72 bits per heavy atom. The summed E-state index contributed by atoms with van der Waals surface area (Å²) in [6.45, 7) is 2.57. The molecule has 2 aromatic rings. The van der Waals surface area contributed by atoms with Gasteiger partial charge in [-0.05, 0) is 31.2 Å². The number of nitrogens with zero attached hydrogens (tertiary/aromatic N) is 2. The van der Waals surface area contributed by atoms with E-state index >= 15 is 0 Å². The van der Waals surface area contributed by atoms with Crippen LogP contribution in [0.15, 0.2) is 57.3 Å². The van der Waals surface area contributed by atoms with Gasteiger partial charge in [-0.3, -0.25) is 0 Å². The van der Waals surface area contributed by atoms with Crippen LogP contribution in [0.1, 0.15) is 18.2 Å². The molecule has 0 bridgehead atoms. The fraction of sp³-hybridized carbons (Fsp3) is 0.143. The average Bonchev–Trinajstić information content (AvgIpc) is 2.90. The van der Waals surface area contributed by atoms with Crippen LogP contribution in [0.2, 0.25) is 0 Å². The normalized spacial score (nSPS) is 11.4. The number of ether oxygens (including phenoxy) is 1. The molecule has 92 valence electrons.